The maximum absolute atomic E-state index is 13.2. The molecule has 168 valence electrons. The van der Waals surface area contributed by atoms with Crippen molar-refractivity contribution in [3.05, 3.63) is 80.5 Å². The fraction of sp³-hybridized carbons (Fsp3) is 0.250. The normalized spacial score (nSPS) is 11.8. The van der Waals surface area contributed by atoms with E-state index in [9.17, 15) is 9.59 Å². The zero-order valence-corrected chi connectivity index (χ0v) is 19.6. The first kappa shape index (κ1) is 23.6. The summed E-state index contributed by atoms with van der Waals surface area (Å²) in [7, 11) is 1.43. The van der Waals surface area contributed by atoms with Gasteiger partial charge in [-0.2, -0.15) is 0 Å². The molecule has 1 atom stereocenters. The van der Waals surface area contributed by atoms with E-state index in [0.29, 0.717) is 11.5 Å². The molecule has 32 heavy (non-hydrogen) atoms. The van der Waals surface area contributed by atoms with Crippen LogP contribution in [0.15, 0.2) is 53.9 Å². The lowest BCUT2D eigenvalue weighted by atomic mass is 9.98. The summed E-state index contributed by atoms with van der Waals surface area (Å²) < 4.78 is 10.6. The van der Waals surface area contributed by atoms with Gasteiger partial charge in [-0.15, -0.1) is 11.3 Å². The molecule has 0 aliphatic carbocycles. The number of nitrogens with two attached hydrogens (primary N) is 1. The van der Waals surface area contributed by atoms with E-state index < -0.39 is 5.91 Å². The van der Waals surface area contributed by atoms with Crippen molar-refractivity contribution < 1.29 is 19.1 Å². The van der Waals surface area contributed by atoms with Crippen molar-refractivity contribution in [2.45, 2.75) is 25.8 Å². The Balaban J connectivity index is 1.89. The van der Waals surface area contributed by atoms with E-state index in [0.717, 1.165) is 10.4 Å². The van der Waals surface area contributed by atoms with Crippen LogP contribution in [0.25, 0.3) is 0 Å². The van der Waals surface area contributed by atoms with E-state index >= 15 is 0 Å². The summed E-state index contributed by atoms with van der Waals surface area (Å²) in [6, 6.07) is 14.8. The summed E-state index contributed by atoms with van der Waals surface area (Å²) in [5.74, 6) is -0.157. The molecule has 0 spiro atoms. The molecule has 0 aliphatic heterocycles. The Labute approximate surface area is 196 Å². The van der Waals surface area contributed by atoms with Gasteiger partial charge >= 0.3 is 0 Å². The van der Waals surface area contributed by atoms with Crippen LogP contribution in [0.4, 0.5) is 0 Å². The van der Waals surface area contributed by atoms with Crippen LogP contribution in [-0.2, 0) is 4.79 Å². The highest BCUT2D eigenvalue weighted by molar-refractivity contribution is 7.10. The minimum absolute atomic E-state index is 0.143. The second-order valence-corrected chi connectivity index (χ2v) is 8.87. The molecule has 8 heteroatoms. The summed E-state index contributed by atoms with van der Waals surface area (Å²) in [6.45, 7) is 3.93. The SMILES string of the molecule is COc1cc(C(=O)NC(c2ccc(C(C)C)cc2)c2cccs2)cc(Cl)c1OCC(N)=O. The molecule has 0 saturated carbocycles. The molecular weight excluding hydrogens is 448 g/mol. The predicted molar refractivity (Wildman–Crippen MR) is 127 cm³/mol. The summed E-state index contributed by atoms with van der Waals surface area (Å²) in [5, 5.41) is 5.21. The van der Waals surface area contributed by atoms with Gasteiger partial charge in [0.25, 0.3) is 11.8 Å². The number of thiophene rings is 1. The van der Waals surface area contributed by atoms with E-state index in [1.54, 1.807) is 11.3 Å². The number of hydrogen-bond donors (Lipinski definition) is 2. The Bertz CT molecular complexity index is 1080. The van der Waals surface area contributed by atoms with Crippen LogP contribution in [0.5, 0.6) is 11.5 Å². The third-order valence-corrected chi connectivity index (χ3v) is 6.11. The highest BCUT2D eigenvalue weighted by atomic mass is 35.5. The van der Waals surface area contributed by atoms with E-state index in [1.807, 2.05) is 29.6 Å². The standard InChI is InChI=1S/C24H25ClN2O4S/c1-14(2)15-6-8-16(9-7-15)22(20-5-4-10-32-20)27-24(29)17-11-18(25)23(19(12-17)30-3)31-13-21(26)28/h4-12,14,22H,13H2,1-3H3,(H2,26,28)(H,27,29). The molecular formula is C24H25ClN2O4S. The molecule has 0 radical (unpaired) electrons. The van der Waals surface area contributed by atoms with Gasteiger partial charge in [0.05, 0.1) is 18.2 Å². The van der Waals surface area contributed by atoms with Crippen molar-refractivity contribution in [3.63, 3.8) is 0 Å². The van der Waals surface area contributed by atoms with E-state index in [1.165, 1.54) is 24.8 Å². The van der Waals surface area contributed by atoms with Crippen molar-refractivity contribution in [1.82, 2.24) is 5.32 Å². The smallest absolute Gasteiger partial charge is 0.255 e. The number of methoxy groups -OCH3 is 1. The number of amides is 2. The van der Waals surface area contributed by atoms with E-state index in [4.69, 9.17) is 26.8 Å². The fourth-order valence-corrected chi connectivity index (χ4v) is 4.26. The van der Waals surface area contributed by atoms with Gasteiger partial charge in [-0.3, -0.25) is 9.59 Å². The lowest BCUT2D eigenvalue weighted by molar-refractivity contribution is -0.119. The highest BCUT2D eigenvalue weighted by Crippen LogP contribution is 2.37. The quantitative estimate of drug-likeness (QED) is 0.462. The van der Waals surface area contributed by atoms with Crippen LogP contribution in [0, 0.1) is 0 Å². The van der Waals surface area contributed by atoms with Crippen molar-refractivity contribution in [1.29, 1.82) is 0 Å². The zero-order valence-electron chi connectivity index (χ0n) is 18.1. The van der Waals surface area contributed by atoms with Crippen LogP contribution in [-0.4, -0.2) is 25.5 Å². The molecule has 0 bridgehead atoms. The van der Waals surface area contributed by atoms with Crippen LogP contribution < -0.4 is 20.5 Å². The van der Waals surface area contributed by atoms with Gasteiger partial charge in [-0.05, 0) is 40.6 Å². The molecule has 3 aromatic rings. The first-order chi connectivity index (χ1) is 15.3. The predicted octanol–water partition coefficient (Wildman–Crippen LogP) is 4.92. The largest absolute Gasteiger partial charge is 0.493 e. The van der Waals surface area contributed by atoms with Crippen molar-refractivity contribution in [2.75, 3.05) is 13.7 Å². The molecule has 0 fully saturated rings. The van der Waals surface area contributed by atoms with Gasteiger partial charge in [0, 0.05) is 10.4 Å². The monoisotopic (exact) mass is 472 g/mol. The number of rotatable bonds is 9. The number of benzene rings is 2. The topological polar surface area (TPSA) is 90.7 Å². The lowest BCUT2D eigenvalue weighted by Crippen LogP contribution is -2.29. The minimum Gasteiger partial charge on any atom is -0.493 e. The molecule has 6 nitrogen and oxygen atoms in total. The number of carbonyl (C=O) groups is 2. The molecule has 1 heterocycles. The van der Waals surface area contributed by atoms with E-state index in [2.05, 4.69) is 31.3 Å². The molecule has 0 saturated heterocycles. The van der Waals surface area contributed by atoms with E-state index in [-0.39, 0.29) is 35.1 Å². The van der Waals surface area contributed by atoms with Gasteiger partial charge < -0.3 is 20.5 Å². The molecule has 1 aromatic heterocycles. The van der Waals surface area contributed by atoms with Gasteiger partial charge in [0.1, 0.15) is 0 Å². The average Bonchev–Trinajstić information content (AvgIpc) is 3.30. The van der Waals surface area contributed by atoms with Crippen molar-refractivity contribution in [2.24, 2.45) is 5.73 Å². The second-order valence-electron chi connectivity index (χ2n) is 7.49. The molecule has 2 amide bonds. The first-order valence-electron chi connectivity index (χ1n) is 10.0. The Morgan fingerprint density at radius 1 is 1.12 bits per heavy atom. The van der Waals surface area contributed by atoms with Crippen LogP contribution in [0.1, 0.15) is 52.2 Å². The third-order valence-electron chi connectivity index (χ3n) is 4.89. The summed E-state index contributed by atoms with van der Waals surface area (Å²) in [6.07, 6.45) is 0. The maximum atomic E-state index is 13.2. The number of primary amides is 1. The Kier molecular flexibility index (Phi) is 7.77. The Hall–Kier alpha value is -3.03. The Morgan fingerprint density at radius 3 is 2.38 bits per heavy atom. The van der Waals surface area contributed by atoms with Crippen molar-refractivity contribution in [3.8, 4) is 11.5 Å². The maximum Gasteiger partial charge on any atom is 0.255 e. The number of ether oxygens (including phenoxy) is 2. The zero-order chi connectivity index (χ0) is 23.3. The van der Waals surface area contributed by atoms with Crippen molar-refractivity contribution >= 4 is 34.8 Å². The highest BCUT2D eigenvalue weighted by Gasteiger charge is 2.22. The third kappa shape index (κ3) is 5.60. The van der Waals surface area contributed by atoms with Gasteiger partial charge in [0.2, 0.25) is 0 Å². The summed E-state index contributed by atoms with van der Waals surface area (Å²) in [5.41, 5.74) is 7.64. The number of halogens is 1. The minimum atomic E-state index is -0.646. The van der Waals surface area contributed by atoms with Gasteiger partial charge in [-0.1, -0.05) is 55.8 Å². The van der Waals surface area contributed by atoms with Crippen LogP contribution in [0.3, 0.4) is 0 Å². The molecule has 2 aromatic carbocycles. The number of carbonyl (C=O) groups excluding carboxylic acids is 2. The van der Waals surface area contributed by atoms with Gasteiger partial charge in [-0.25, -0.2) is 0 Å². The Morgan fingerprint density at radius 2 is 1.81 bits per heavy atom. The first-order valence-corrected chi connectivity index (χ1v) is 11.3. The van der Waals surface area contributed by atoms with Crippen LogP contribution in [0.2, 0.25) is 5.02 Å². The number of hydrogen-bond acceptors (Lipinski definition) is 5. The summed E-state index contributed by atoms with van der Waals surface area (Å²) >= 11 is 7.87. The fourth-order valence-electron chi connectivity index (χ4n) is 3.20. The molecule has 0 aliphatic rings. The molecule has 3 N–H and O–H groups in total. The second kappa shape index (κ2) is 10.5. The van der Waals surface area contributed by atoms with Crippen LogP contribution >= 0.6 is 22.9 Å². The molecule has 3 rings (SSSR count). The van der Waals surface area contributed by atoms with Gasteiger partial charge in [0.15, 0.2) is 18.1 Å². The average molecular weight is 473 g/mol. The number of nitrogens with one attached hydrogen (secondary N) is 1. The lowest BCUT2D eigenvalue weighted by Gasteiger charge is -2.20. The summed E-state index contributed by atoms with van der Waals surface area (Å²) in [4.78, 5) is 25.2. The molecule has 1 unspecified atom stereocenters.